The number of carbonyl (C=O) groups excluding carboxylic acids is 2. The lowest BCUT2D eigenvalue weighted by Crippen LogP contribution is -2.42. The molecule has 0 bridgehead atoms. The second kappa shape index (κ2) is 8.29. The number of carbonyl (C=O) groups is 2. The Morgan fingerprint density at radius 3 is 2.10 bits per heavy atom. The third-order valence-corrected chi connectivity index (χ3v) is 5.21. The average Bonchev–Trinajstić information content (AvgIpc) is 3.07. The number of amides is 2. The Kier molecular flexibility index (Phi) is 5.39. The van der Waals surface area contributed by atoms with E-state index in [2.05, 4.69) is 34.9 Å². The second-order valence-electron chi connectivity index (χ2n) is 7.23. The molecule has 4 rings (SSSR count). The maximum absolute atomic E-state index is 12.3. The first-order valence-electron chi connectivity index (χ1n) is 9.74. The fraction of sp³-hybridized carbons (Fsp3) is 0.167. The summed E-state index contributed by atoms with van der Waals surface area (Å²) in [7, 11) is 0. The van der Waals surface area contributed by atoms with E-state index in [0.717, 1.165) is 22.3 Å². The minimum atomic E-state index is -0.783. The lowest BCUT2D eigenvalue weighted by atomic mass is 9.98. The number of ether oxygens (including phenoxy) is 1. The normalized spacial score (nSPS) is 13.1. The van der Waals surface area contributed by atoms with Crippen molar-refractivity contribution in [3.63, 3.8) is 0 Å². The molecule has 3 aromatic rings. The van der Waals surface area contributed by atoms with Crippen LogP contribution >= 0.6 is 0 Å². The molecule has 0 fully saturated rings. The molecule has 6 nitrogen and oxygen atoms in total. The Morgan fingerprint density at radius 2 is 1.50 bits per heavy atom. The van der Waals surface area contributed by atoms with Gasteiger partial charge in [-0.3, -0.25) is 4.79 Å². The van der Waals surface area contributed by atoms with Crippen molar-refractivity contribution in [1.29, 1.82) is 0 Å². The van der Waals surface area contributed by atoms with Gasteiger partial charge in [-0.25, -0.2) is 4.79 Å². The first-order chi connectivity index (χ1) is 14.5. The molecule has 0 spiro atoms. The van der Waals surface area contributed by atoms with Crippen LogP contribution in [0.15, 0.2) is 72.8 Å². The lowest BCUT2D eigenvalue weighted by Gasteiger charge is -2.17. The molecule has 0 unspecified atom stereocenters. The average molecular weight is 402 g/mol. The van der Waals surface area contributed by atoms with Gasteiger partial charge in [0, 0.05) is 11.6 Å². The smallest absolute Gasteiger partial charge is 0.407 e. The van der Waals surface area contributed by atoms with Gasteiger partial charge in [0.25, 0.3) is 0 Å². The number of rotatable bonds is 5. The van der Waals surface area contributed by atoms with Gasteiger partial charge in [0.1, 0.15) is 18.4 Å². The zero-order chi connectivity index (χ0) is 21.1. The summed E-state index contributed by atoms with van der Waals surface area (Å²) < 4.78 is 5.46. The van der Waals surface area contributed by atoms with Gasteiger partial charge in [-0.1, -0.05) is 48.5 Å². The maximum atomic E-state index is 12.3. The molecule has 0 aromatic heterocycles. The molecule has 2 amide bonds. The van der Waals surface area contributed by atoms with Crippen LogP contribution in [-0.2, 0) is 9.53 Å². The van der Waals surface area contributed by atoms with Gasteiger partial charge < -0.3 is 20.5 Å². The van der Waals surface area contributed by atoms with E-state index in [1.165, 1.54) is 12.1 Å². The molecule has 0 saturated heterocycles. The van der Waals surface area contributed by atoms with Gasteiger partial charge in [-0.2, -0.15) is 0 Å². The molecule has 1 atom stereocenters. The quantitative estimate of drug-likeness (QED) is 0.557. The van der Waals surface area contributed by atoms with E-state index in [9.17, 15) is 14.7 Å². The van der Waals surface area contributed by atoms with Crippen LogP contribution in [0.25, 0.3) is 11.1 Å². The molecule has 3 N–H and O–H groups in total. The van der Waals surface area contributed by atoms with Crippen LogP contribution < -0.4 is 10.6 Å². The third-order valence-electron chi connectivity index (χ3n) is 5.21. The summed E-state index contributed by atoms with van der Waals surface area (Å²) in [5.41, 5.74) is 5.10. The zero-order valence-corrected chi connectivity index (χ0v) is 16.5. The van der Waals surface area contributed by atoms with E-state index >= 15 is 0 Å². The van der Waals surface area contributed by atoms with Gasteiger partial charge in [0.2, 0.25) is 5.91 Å². The highest BCUT2D eigenvalue weighted by atomic mass is 16.5. The summed E-state index contributed by atoms with van der Waals surface area (Å²) in [5, 5.41) is 14.5. The Labute approximate surface area is 174 Å². The molecule has 152 valence electrons. The molecular weight excluding hydrogens is 380 g/mol. The Hall–Kier alpha value is -3.80. The minimum absolute atomic E-state index is 0.0377. The largest absolute Gasteiger partial charge is 0.508 e. The highest BCUT2D eigenvalue weighted by Crippen LogP contribution is 2.44. The van der Waals surface area contributed by atoms with Crippen molar-refractivity contribution in [2.24, 2.45) is 0 Å². The standard InChI is InChI=1S/C24H22N2O4/c1-15(23(28)26-16-10-12-17(27)13-11-16)25-24(29)30-14-22-20-8-4-2-6-18(20)19-7-3-5-9-21(19)22/h2-13,15,22,27H,14H2,1H3,(H,25,29)(H,26,28)/t15-/m0/s1. The van der Waals surface area contributed by atoms with Crippen LogP contribution in [0.2, 0.25) is 0 Å². The SMILES string of the molecule is C[C@H](NC(=O)OCC1c2ccccc2-c2ccccc21)C(=O)Nc1ccc(O)cc1. The van der Waals surface area contributed by atoms with E-state index in [-0.39, 0.29) is 24.2 Å². The van der Waals surface area contributed by atoms with Crippen LogP contribution in [0, 0.1) is 0 Å². The molecule has 0 radical (unpaired) electrons. The number of anilines is 1. The maximum Gasteiger partial charge on any atom is 0.407 e. The fourth-order valence-corrected chi connectivity index (χ4v) is 3.68. The van der Waals surface area contributed by atoms with E-state index in [4.69, 9.17) is 4.74 Å². The summed E-state index contributed by atoms with van der Waals surface area (Å²) in [5.74, 6) is -0.309. The van der Waals surface area contributed by atoms with E-state index in [1.54, 1.807) is 19.1 Å². The first-order valence-corrected chi connectivity index (χ1v) is 9.74. The number of phenolic OH excluding ortho intramolecular Hbond substituents is 1. The summed E-state index contributed by atoms with van der Waals surface area (Å²) in [6.07, 6.45) is -0.648. The second-order valence-corrected chi connectivity index (χ2v) is 7.23. The number of aromatic hydroxyl groups is 1. The molecule has 3 aromatic carbocycles. The molecule has 1 aliphatic rings. The number of hydrogen-bond donors (Lipinski definition) is 3. The molecule has 0 saturated carbocycles. The van der Waals surface area contributed by atoms with Gasteiger partial charge >= 0.3 is 6.09 Å². The lowest BCUT2D eigenvalue weighted by molar-refractivity contribution is -0.117. The highest BCUT2D eigenvalue weighted by molar-refractivity contribution is 5.96. The Morgan fingerprint density at radius 1 is 0.933 bits per heavy atom. The number of hydrogen-bond acceptors (Lipinski definition) is 4. The van der Waals surface area contributed by atoms with Crippen molar-refractivity contribution in [2.45, 2.75) is 18.9 Å². The fourth-order valence-electron chi connectivity index (χ4n) is 3.68. The number of nitrogens with one attached hydrogen (secondary N) is 2. The molecule has 1 aliphatic carbocycles. The van der Waals surface area contributed by atoms with Gasteiger partial charge in [0.15, 0.2) is 0 Å². The summed E-state index contributed by atoms with van der Waals surface area (Å²) in [6, 6.07) is 21.5. The Balaban J connectivity index is 1.36. The van der Waals surface area contributed by atoms with Crippen LogP contribution in [0.5, 0.6) is 5.75 Å². The topological polar surface area (TPSA) is 87.7 Å². The first kappa shape index (κ1) is 19.5. The van der Waals surface area contributed by atoms with Crippen LogP contribution in [-0.4, -0.2) is 29.8 Å². The Bertz CT molecular complexity index is 1030. The monoisotopic (exact) mass is 402 g/mol. The summed E-state index contributed by atoms with van der Waals surface area (Å²) in [4.78, 5) is 24.6. The van der Waals surface area contributed by atoms with E-state index < -0.39 is 12.1 Å². The molecule has 0 aliphatic heterocycles. The van der Waals surface area contributed by atoms with Crippen LogP contribution in [0.1, 0.15) is 24.0 Å². The summed E-state index contributed by atoms with van der Waals surface area (Å²) >= 11 is 0. The van der Waals surface area contributed by atoms with Crippen LogP contribution in [0.4, 0.5) is 10.5 Å². The van der Waals surface area contributed by atoms with Crippen molar-refractivity contribution in [3.05, 3.63) is 83.9 Å². The zero-order valence-electron chi connectivity index (χ0n) is 16.5. The van der Waals surface area contributed by atoms with Crippen LogP contribution in [0.3, 0.4) is 0 Å². The van der Waals surface area contributed by atoms with Crippen molar-refractivity contribution in [2.75, 3.05) is 11.9 Å². The van der Waals surface area contributed by atoms with Gasteiger partial charge in [0.05, 0.1) is 0 Å². The highest BCUT2D eigenvalue weighted by Gasteiger charge is 2.29. The number of phenols is 1. The van der Waals surface area contributed by atoms with Gasteiger partial charge in [-0.15, -0.1) is 0 Å². The molecular formula is C24H22N2O4. The number of benzene rings is 3. The molecule has 6 heteroatoms. The van der Waals surface area contributed by atoms with Crippen molar-refractivity contribution in [3.8, 4) is 16.9 Å². The van der Waals surface area contributed by atoms with E-state index in [0.29, 0.717) is 5.69 Å². The number of alkyl carbamates (subject to hydrolysis) is 1. The molecule has 30 heavy (non-hydrogen) atoms. The predicted molar refractivity (Wildman–Crippen MR) is 114 cm³/mol. The minimum Gasteiger partial charge on any atom is -0.508 e. The summed E-state index contributed by atoms with van der Waals surface area (Å²) in [6.45, 7) is 1.77. The van der Waals surface area contributed by atoms with Crippen molar-refractivity contribution < 1.29 is 19.4 Å². The third kappa shape index (κ3) is 3.98. The van der Waals surface area contributed by atoms with Gasteiger partial charge in [-0.05, 0) is 53.4 Å². The predicted octanol–water partition coefficient (Wildman–Crippen LogP) is 4.26. The van der Waals surface area contributed by atoms with Crippen molar-refractivity contribution >= 4 is 17.7 Å². The molecule has 0 heterocycles. The number of fused-ring (bicyclic) bond motifs is 3. The van der Waals surface area contributed by atoms with Crippen molar-refractivity contribution in [1.82, 2.24) is 5.32 Å². The van der Waals surface area contributed by atoms with E-state index in [1.807, 2.05) is 24.3 Å².